The Bertz CT molecular complexity index is 215. The molecule has 2 heteroatoms. The zero-order valence-corrected chi connectivity index (χ0v) is 6.78. The molecule has 10 heavy (non-hydrogen) atoms. The fraction of sp³-hybridized carbons (Fsp3) is 0.375. The number of aldehydes is 1. The average molecular weight is 154 g/mol. The van der Waals surface area contributed by atoms with E-state index in [0.29, 0.717) is 6.42 Å². The first-order valence-corrected chi connectivity index (χ1v) is 4.19. The van der Waals surface area contributed by atoms with Gasteiger partial charge in [0.25, 0.3) is 0 Å². The van der Waals surface area contributed by atoms with E-state index in [4.69, 9.17) is 0 Å². The summed E-state index contributed by atoms with van der Waals surface area (Å²) in [5.41, 5.74) is 1.32. The first-order valence-electron chi connectivity index (χ1n) is 3.31. The summed E-state index contributed by atoms with van der Waals surface area (Å²) >= 11 is 1.74. The molecular formula is C8H10OS. The predicted molar refractivity (Wildman–Crippen MR) is 43.4 cm³/mol. The molecule has 0 aliphatic carbocycles. The molecule has 0 atom stereocenters. The predicted octanol–water partition coefficient (Wildman–Crippen LogP) is 2.19. The Labute approximate surface area is 64.7 Å². The Morgan fingerprint density at radius 2 is 2.50 bits per heavy atom. The summed E-state index contributed by atoms with van der Waals surface area (Å²) in [5.74, 6) is 0. The second kappa shape index (κ2) is 3.52. The second-order valence-corrected chi connectivity index (χ2v) is 3.33. The number of thiophene rings is 1. The van der Waals surface area contributed by atoms with Crippen LogP contribution in [-0.2, 0) is 11.2 Å². The summed E-state index contributed by atoms with van der Waals surface area (Å²) in [4.78, 5) is 11.3. The molecule has 1 rings (SSSR count). The number of aryl methyl sites for hydroxylation is 2. The molecule has 0 radical (unpaired) electrons. The van der Waals surface area contributed by atoms with Gasteiger partial charge in [-0.05, 0) is 30.4 Å². The molecule has 0 aliphatic rings. The summed E-state index contributed by atoms with van der Waals surface area (Å²) < 4.78 is 0. The maximum atomic E-state index is 10.0. The van der Waals surface area contributed by atoms with Gasteiger partial charge in [-0.2, -0.15) is 0 Å². The molecule has 1 heterocycles. The molecule has 1 nitrogen and oxygen atoms in total. The van der Waals surface area contributed by atoms with Gasteiger partial charge in [-0.25, -0.2) is 0 Å². The Morgan fingerprint density at radius 3 is 3.00 bits per heavy atom. The van der Waals surface area contributed by atoms with Gasteiger partial charge in [-0.3, -0.25) is 0 Å². The van der Waals surface area contributed by atoms with Gasteiger partial charge in [0.1, 0.15) is 6.29 Å². The third-order valence-corrected chi connectivity index (χ3v) is 2.39. The van der Waals surface area contributed by atoms with Crippen LogP contribution in [0.1, 0.15) is 16.9 Å². The molecule has 54 valence electrons. The summed E-state index contributed by atoms with van der Waals surface area (Å²) in [6, 6.07) is 2.09. The fourth-order valence-corrected chi connectivity index (χ4v) is 1.64. The van der Waals surface area contributed by atoms with Crippen molar-refractivity contribution in [3.8, 4) is 0 Å². The van der Waals surface area contributed by atoms with Crippen molar-refractivity contribution in [2.75, 3.05) is 0 Å². The third kappa shape index (κ3) is 1.67. The molecule has 0 spiro atoms. The summed E-state index contributed by atoms with van der Waals surface area (Å²) in [7, 11) is 0. The van der Waals surface area contributed by atoms with E-state index < -0.39 is 0 Å². The van der Waals surface area contributed by atoms with Crippen molar-refractivity contribution in [1.29, 1.82) is 0 Å². The van der Waals surface area contributed by atoms with Crippen molar-refractivity contribution in [2.24, 2.45) is 0 Å². The Balaban J connectivity index is 2.56. The Morgan fingerprint density at radius 1 is 1.70 bits per heavy atom. The lowest BCUT2D eigenvalue weighted by Crippen LogP contribution is -1.84. The van der Waals surface area contributed by atoms with Crippen molar-refractivity contribution in [3.63, 3.8) is 0 Å². The van der Waals surface area contributed by atoms with Crippen LogP contribution in [0.15, 0.2) is 11.4 Å². The molecule has 0 aromatic carbocycles. The SMILES string of the molecule is Cc1sccc1CCC=O. The first kappa shape index (κ1) is 7.48. The van der Waals surface area contributed by atoms with Crippen LogP contribution in [0, 0.1) is 6.92 Å². The molecular weight excluding hydrogens is 144 g/mol. The molecule has 0 amide bonds. The number of carbonyl (C=O) groups is 1. The molecule has 0 aliphatic heterocycles. The van der Waals surface area contributed by atoms with Crippen LogP contribution in [0.3, 0.4) is 0 Å². The van der Waals surface area contributed by atoms with Gasteiger partial charge in [-0.15, -0.1) is 11.3 Å². The maximum absolute atomic E-state index is 10.0. The van der Waals surface area contributed by atoms with Crippen LogP contribution in [0.4, 0.5) is 0 Å². The molecule has 0 unspecified atom stereocenters. The highest BCUT2D eigenvalue weighted by Crippen LogP contribution is 2.15. The van der Waals surface area contributed by atoms with E-state index >= 15 is 0 Å². The fourth-order valence-electron chi connectivity index (χ4n) is 0.885. The zero-order chi connectivity index (χ0) is 7.40. The van der Waals surface area contributed by atoms with Crippen LogP contribution in [0.25, 0.3) is 0 Å². The van der Waals surface area contributed by atoms with Gasteiger partial charge in [0.2, 0.25) is 0 Å². The smallest absolute Gasteiger partial charge is 0.120 e. The van der Waals surface area contributed by atoms with Crippen molar-refractivity contribution < 1.29 is 4.79 Å². The minimum Gasteiger partial charge on any atom is -0.303 e. The van der Waals surface area contributed by atoms with Crippen LogP contribution in [-0.4, -0.2) is 6.29 Å². The number of rotatable bonds is 3. The lowest BCUT2D eigenvalue weighted by atomic mass is 10.1. The van der Waals surface area contributed by atoms with E-state index in [1.807, 2.05) is 0 Å². The lowest BCUT2D eigenvalue weighted by molar-refractivity contribution is -0.107. The maximum Gasteiger partial charge on any atom is 0.120 e. The quantitative estimate of drug-likeness (QED) is 0.610. The molecule has 0 saturated heterocycles. The van der Waals surface area contributed by atoms with E-state index in [2.05, 4.69) is 18.4 Å². The minimum absolute atomic E-state index is 0.650. The van der Waals surface area contributed by atoms with Gasteiger partial charge in [0.05, 0.1) is 0 Å². The Hall–Kier alpha value is -0.630. The standard InChI is InChI=1S/C8H10OS/c1-7-8(3-2-5-9)4-6-10-7/h4-6H,2-3H2,1H3. The van der Waals surface area contributed by atoms with E-state index in [-0.39, 0.29) is 0 Å². The highest BCUT2D eigenvalue weighted by Gasteiger charge is 1.96. The van der Waals surface area contributed by atoms with Crippen molar-refractivity contribution in [3.05, 3.63) is 21.9 Å². The molecule has 0 saturated carbocycles. The topological polar surface area (TPSA) is 17.1 Å². The van der Waals surface area contributed by atoms with E-state index in [0.717, 1.165) is 12.7 Å². The molecule has 0 fully saturated rings. The summed E-state index contributed by atoms with van der Waals surface area (Å²) in [6.07, 6.45) is 2.52. The number of carbonyl (C=O) groups excluding carboxylic acids is 1. The van der Waals surface area contributed by atoms with Gasteiger partial charge in [0.15, 0.2) is 0 Å². The van der Waals surface area contributed by atoms with Gasteiger partial charge in [0, 0.05) is 11.3 Å². The van der Waals surface area contributed by atoms with Gasteiger partial charge >= 0.3 is 0 Å². The highest BCUT2D eigenvalue weighted by atomic mass is 32.1. The summed E-state index contributed by atoms with van der Waals surface area (Å²) in [6.45, 7) is 2.09. The number of hydrogen-bond donors (Lipinski definition) is 0. The molecule has 1 aromatic heterocycles. The van der Waals surface area contributed by atoms with E-state index in [1.54, 1.807) is 11.3 Å². The van der Waals surface area contributed by atoms with Gasteiger partial charge < -0.3 is 4.79 Å². The molecule has 1 aromatic rings. The normalized spacial score (nSPS) is 9.70. The Kier molecular flexibility index (Phi) is 2.63. The van der Waals surface area contributed by atoms with Crippen molar-refractivity contribution in [2.45, 2.75) is 19.8 Å². The van der Waals surface area contributed by atoms with E-state index in [9.17, 15) is 4.79 Å². The largest absolute Gasteiger partial charge is 0.303 e. The van der Waals surface area contributed by atoms with Gasteiger partial charge in [-0.1, -0.05) is 0 Å². The highest BCUT2D eigenvalue weighted by molar-refractivity contribution is 7.10. The van der Waals surface area contributed by atoms with Crippen LogP contribution >= 0.6 is 11.3 Å². The minimum atomic E-state index is 0.650. The monoisotopic (exact) mass is 154 g/mol. The van der Waals surface area contributed by atoms with Crippen molar-refractivity contribution >= 4 is 17.6 Å². The second-order valence-electron chi connectivity index (χ2n) is 2.21. The molecule has 0 bridgehead atoms. The summed E-state index contributed by atoms with van der Waals surface area (Å²) in [5, 5.41) is 2.06. The lowest BCUT2D eigenvalue weighted by Gasteiger charge is -1.92. The van der Waals surface area contributed by atoms with Crippen LogP contribution in [0.2, 0.25) is 0 Å². The first-order chi connectivity index (χ1) is 4.84. The third-order valence-electron chi connectivity index (χ3n) is 1.50. The van der Waals surface area contributed by atoms with Crippen LogP contribution in [0.5, 0.6) is 0 Å². The van der Waals surface area contributed by atoms with Crippen molar-refractivity contribution in [1.82, 2.24) is 0 Å². The van der Waals surface area contributed by atoms with Crippen LogP contribution < -0.4 is 0 Å². The molecule has 0 N–H and O–H groups in total. The average Bonchev–Trinajstić information content (AvgIpc) is 2.31. The zero-order valence-electron chi connectivity index (χ0n) is 5.96. The number of hydrogen-bond acceptors (Lipinski definition) is 2. The van der Waals surface area contributed by atoms with E-state index in [1.165, 1.54) is 10.4 Å².